The topological polar surface area (TPSA) is 72.9 Å². The Morgan fingerprint density at radius 1 is 1.77 bits per heavy atom. The van der Waals surface area contributed by atoms with Gasteiger partial charge in [-0.2, -0.15) is 5.10 Å². The number of carbonyl (C=O) groups is 1. The molecule has 1 rings (SSSR count). The Morgan fingerprint density at radius 2 is 2.46 bits per heavy atom. The average molecular weight is 182 g/mol. The van der Waals surface area contributed by atoms with Crippen LogP contribution in [0.25, 0.3) is 0 Å². The summed E-state index contributed by atoms with van der Waals surface area (Å²) in [5.74, 6) is 0.538. The van der Waals surface area contributed by atoms with Gasteiger partial charge in [0.05, 0.1) is 11.9 Å². The van der Waals surface area contributed by atoms with E-state index in [9.17, 15) is 4.79 Å². The minimum Gasteiger partial charge on any atom is -0.394 e. The number of hydrogen-bond donors (Lipinski definition) is 2. The number of nitrogen functional groups attached to an aromatic ring is 1. The van der Waals surface area contributed by atoms with Crippen molar-refractivity contribution in [3.63, 3.8) is 0 Å². The molecule has 1 aromatic rings. The summed E-state index contributed by atoms with van der Waals surface area (Å²) in [6.07, 6.45) is 2.84. The number of nitrogens with one attached hydrogen (secondary N) is 1. The number of hydrogen-bond acceptors (Lipinski definition) is 3. The van der Waals surface area contributed by atoms with Crippen LogP contribution in [0, 0.1) is 0 Å². The number of nitrogens with two attached hydrogens (primary N) is 1. The molecule has 72 valence electrons. The zero-order chi connectivity index (χ0) is 9.84. The van der Waals surface area contributed by atoms with Gasteiger partial charge in [-0.05, 0) is 6.42 Å². The monoisotopic (exact) mass is 182 g/mol. The lowest BCUT2D eigenvalue weighted by atomic mass is 10.3. The highest BCUT2D eigenvalue weighted by Crippen LogP contribution is 2.15. The maximum Gasteiger partial charge on any atom is 0.225 e. The van der Waals surface area contributed by atoms with Gasteiger partial charge in [0.2, 0.25) is 5.91 Å². The van der Waals surface area contributed by atoms with Crippen LogP contribution in [0.1, 0.15) is 19.8 Å². The number of carbonyl (C=O) groups excluding carboxylic acids is 1. The minimum absolute atomic E-state index is 0.0298. The first-order valence-corrected chi connectivity index (χ1v) is 4.22. The smallest absolute Gasteiger partial charge is 0.225 e. The Kier molecular flexibility index (Phi) is 2.89. The Bertz CT molecular complexity index is 286. The lowest BCUT2D eigenvalue weighted by Gasteiger charge is -2.04. The molecule has 5 nitrogen and oxygen atoms in total. The van der Waals surface area contributed by atoms with Crippen molar-refractivity contribution >= 4 is 17.4 Å². The van der Waals surface area contributed by atoms with Crippen molar-refractivity contribution in [3.8, 4) is 0 Å². The van der Waals surface area contributed by atoms with Gasteiger partial charge >= 0.3 is 0 Å². The van der Waals surface area contributed by atoms with E-state index >= 15 is 0 Å². The normalized spacial score (nSPS) is 10.0. The van der Waals surface area contributed by atoms with Crippen LogP contribution in [-0.4, -0.2) is 15.7 Å². The molecular weight excluding hydrogens is 168 g/mol. The predicted octanol–water partition coefficient (Wildman–Crippen LogP) is 0.741. The van der Waals surface area contributed by atoms with Crippen molar-refractivity contribution in [1.82, 2.24) is 9.78 Å². The number of aryl methyl sites for hydroxylation is 1. The molecule has 0 fully saturated rings. The first-order valence-electron chi connectivity index (χ1n) is 4.22. The molecule has 1 heterocycles. The van der Waals surface area contributed by atoms with Gasteiger partial charge in [0.15, 0.2) is 5.82 Å². The first kappa shape index (κ1) is 9.57. The lowest BCUT2D eigenvalue weighted by Crippen LogP contribution is -2.14. The van der Waals surface area contributed by atoms with E-state index < -0.39 is 0 Å². The summed E-state index contributed by atoms with van der Waals surface area (Å²) in [6.45, 7) is 1.95. The largest absolute Gasteiger partial charge is 0.394 e. The molecule has 1 aromatic heterocycles. The third-order valence-corrected chi connectivity index (χ3v) is 1.70. The average Bonchev–Trinajstić information content (AvgIpc) is 2.36. The molecule has 1 amide bonds. The van der Waals surface area contributed by atoms with Gasteiger partial charge in [0.1, 0.15) is 0 Å². The van der Waals surface area contributed by atoms with Crippen LogP contribution in [0.4, 0.5) is 11.5 Å². The summed E-state index contributed by atoms with van der Waals surface area (Å²) in [5, 5.41) is 6.60. The molecule has 0 spiro atoms. The van der Waals surface area contributed by atoms with Gasteiger partial charge in [-0.3, -0.25) is 9.48 Å². The summed E-state index contributed by atoms with van der Waals surface area (Å²) < 4.78 is 1.54. The molecule has 0 aromatic carbocycles. The van der Waals surface area contributed by atoms with Gasteiger partial charge in [0, 0.05) is 13.5 Å². The van der Waals surface area contributed by atoms with E-state index in [2.05, 4.69) is 10.4 Å². The van der Waals surface area contributed by atoms with Crippen LogP contribution in [0.15, 0.2) is 6.20 Å². The van der Waals surface area contributed by atoms with E-state index in [1.165, 1.54) is 6.20 Å². The van der Waals surface area contributed by atoms with Crippen LogP contribution in [0.5, 0.6) is 0 Å². The first-order chi connectivity index (χ1) is 6.15. The van der Waals surface area contributed by atoms with E-state index in [0.29, 0.717) is 17.9 Å². The third-order valence-electron chi connectivity index (χ3n) is 1.70. The molecule has 5 heteroatoms. The van der Waals surface area contributed by atoms with E-state index in [4.69, 9.17) is 5.73 Å². The zero-order valence-electron chi connectivity index (χ0n) is 7.87. The van der Waals surface area contributed by atoms with Gasteiger partial charge in [0.25, 0.3) is 0 Å². The number of aromatic nitrogens is 2. The second-order valence-corrected chi connectivity index (χ2v) is 2.87. The second-order valence-electron chi connectivity index (χ2n) is 2.87. The van der Waals surface area contributed by atoms with Crippen molar-refractivity contribution in [2.45, 2.75) is 19.8 Å². The molecule has 0 radical (unpaired) electrons. The van der Waals surface area contributed by atoms with Gasteiger partial charge in [-0.1, -0.05) is 6.92 Å². The Balaban J connectivity index is 2.68. The van der Waals surface area contributed by atoms with Crippen LogP contribution >= 0.6 is 0 Å². The fraction of sp³-hybridized carbons (Fsp3) is 0.500. The fourth-order valence-electron chi connectivity index (χ4n) is 1.03. The van der Waals surface area contributed by atoms with E-state index in [1.807, 2.05) is 6.92 Å². The SMILES string of the molecule is CCCC(=O)Nc1c(N)cnn1C. The summed E-state index contributed by atoms with van der Waals surface area (Å²) in [6, 6.07) is 0. The van der Waals surface area contributed by atoms with Crippen LogP contribution in [-0.2, 0) is 11.8 Å². The minimum atomic E-state index is -0.0298. The van der Waals surface area contributed by atoms with Crippen molar-refractivity contribution in [2.75, 3.05) is 11.1 Å². The summed E-state index contributed by atoms with van der Waals surface area (Å²) in [4.78, 5) is 11.2. The molecular formula is C8H14N4O. The molecule has 0 bridgehead atoms. The lowest BCUT2D eigenvalue weighted by molar-refractivity contribution is -0.116. The van der Waals surface area contributed by atoms with E-state index in [1.54, 1.807) is 11.7 Å². The molecule has 3 N–H and O–H groups in total. The Morgan fingerprint density at radius 3 is 2.92 bits per heavy atom. The van der Waals surface area contributed by atoms with Gasteiger partial charge in [-0.15, -0.1) is 0 Å². The highest BCUT2D eigenvalue weighted by atomic mass is 16.1. The summed E-state index contributed by atoms with van der Waals surface area (Å²) in [7, 11) is 1.73. The number of anilines is 2. The van der Waals surface area contributed by atoms with Crippen molar-refractivity contribution in [3.05, 3.63) is 6.20 Å². The molecule has 0 aliphatic heterocycles. The number of rotatable bonds is 3. The van der Waals surface area contributed by atoms with Crippen molar-refractivity contribution in [1.29, 1.82) is 0 Å². The molecule has 0 aliphatic carbocycles. The Labute approximate surface area is 76.9 Å². The van der Waals surface area contributed by atoms with Gasteiger partial charge < -0.3 is 11.1 Å². The molecule has 0 saturated carbocycles. The molecule has 0 saturated heterocycles. The van der Waals surface area contributed by atoms with Gasteiger partial charge in [-0.25, -0.2) is 0 Å². The van der Waals surface area contributed by atoms with Crippen molar-refractivity contribution in [2.24, 2.45) is 7.05 Å². The quantitative estimate of drug-likeness (QED) is 0.724. The fourth-order valence-corrected chi connectivity index (χ4v) is 1.03. The third kappa shape index (κ3) is 2.21. The van der Waals surface area contributed by atoms with Crippen LogP contribution in [0.2, 0.25) is 0 Å². The predicted molar refractivity (Wildman–Crippen MR) is 51.2 cm³/mol. The standard InChI is InChI=1S/C8H14N4O/c1-3-4-7(13)11-8-6(9)5-10-12(8)2/h5H,3-4,9H2,1-2H3,(H,11,13). The number of amides is 1. The highest BCUT2D eigenvalue weighted by molar-refractivity contribution is 5.92. The van der Waals surface area contributed by atoms with Crippen LogP contribution < -0.4 is 11.1 Å². The molecule has 13 heavy (non-hydrogen) atoms. The highest BCUT2D eigenvalue weighted by Gasteiger charge is 2.07. The van der Waals surface area contributed by atoms with Crippen molar-refractivity contribution < 1.29 is 4.79 Å². The maximum atomic E-state index is 11.2. The Hall–Kier alpha value is -1.52. The maximum absolute atomic E-state index is 11.2. The molecule has 0 unspecified atom stereocenters. The zero-order valence-corrected chi connectivity index (χ0v) is 7.87. The van der Waals surface area contributed by atoms with E-state index in [-0.39, 0.29) is 5.91 Å². The number of nitrogens with zero attached hydrogens (tertiary/aromatic N) is 2. The van der Waals surface area contributed by atoms with E-state index in [0.717, 1.165) is 6.42 Å². The second kappa shape index (κ2) is 3.93. The molecule has 0 aliphatic rings. The summed E-state index contributed by atoms with van der Waals surface area (Å²) in [5.41, 5.74) is 6.08. The molecule has 0 atom stereocenters. The summed E-state index contributed by atoms with van der Waals surface area (Å²) >= 11 is 0. The van der Waals surface area contributed by atoms with Crippen LogP contribution in [0.3, 0.4) is 0 Å².